The van der Waals surface area contributed by atoms with E-state index >= 15 is 0 Å². The number of hydrogen-bond acceptors (Lipinski definition) is 8. The Balaban J connectivity index is 2.32. The zero-order valence-corrected chi connectivity index (χ0v) is 19.9. The minimum Gasteiger partial charge on any atom is -0.480 e. The van der Waals surface area contributed by atoms with E-state index in [1.165, 1.54) is 12.1 Å². The first kappa shape index (κ1) is 31.2. The smallest absolute Gasteiger partial charge is 0.416 e. The van der Waals surface area contributed by atoms with Gasteiger partial charge in [0.2, 0.25) is 11.8 Å². The molecule has 37 heavy (non-hydrogen) atoms. The van der Waals surface area contributed by atoms with E-state index in [4.69, 9.17) is 9.84 Å². The molecule has 0 radical (unpaired) electrons. The average Bonchev–Trinajstić information content (AvgIpc) is 2.84. The second-order valence-corrected chi connectivity index (χ2v) is 7.50. The van der Waals surface area contributed by atoms with Crippen LogP contribution in [0.4, 0.5) is 18.0 Å². The lowest BCUT2D eigenvalue weighted by Crippen LogP contribution is -2.42. The molecule has 0 bridgehead atoms. The van der Waals surface area contributed by atoms with Gasteiger partial charge in [-0.2, -0.15) is 13.2 Å². The van der Waals surface area contributed by atoms with E-state index < -0.39 is 60.8 Å². The summed E-state index contributed by atoms with van der Waals surface area (Å²) in [4.78, 5) is 57.4. The maximum atomic E-state index is 12.6. The van der Waals surface area contributed by atoms with Crippen LogP contribution in [-0.4, -0.2) is 74.4 Å². The van der Waals surface area contributed by atoms with Gasteiger partial charge in [0.25, 0.3) is 0 Å². The molecule has 0 unspecified atom stereocenters. The van der Waals surface area contributed by atoms with Crippen LogP contribution in [0.5, 0.6) is 0 Å². The first-order chi connectivity index (χ1) is 17.4. The number of alkyl halides is 3. The number of carbonyl (C=O) groups is 5. The van der Waals surface area contributed by atoms with Crippen molar-refractivity contribution in [1.82, 2.24) is 16.0 Å². The highest BCUT2D eigenvalue weighted by Gasteiger charge is 2.30. The van der Waals surface area contributed by atoms with Gasteiger partial charge in [-0.1, -0.05) is 12.1 Å². The van der Waals surface area contributed by atoms with Crippen LogP contribution in [0.2, 0.25) is 0 Å². The molecule has 3 amide bonds. The molecule has 0 spiro atoms. The Kier molecular flexibility index (Phi) is 13.5. The van der Waals surface area contributed by atoms with Crippen molar-refractivity contribution >= 4 is 29.8 Å². The van der Waals surface area contributed by atoms with Gasteiger partial charge in [-0.3, -0.25) is 9.59 Å². The lowest BCUT2D eigenvalue weighted by Gasteiger charge is -2.16. The van der Waals surface area contributed by atoms with Crippen LogP contribution in [-0.2, 0) is 46.2 Å². The van der Waals surface area contributed by atoms with Crippen LogP contribution in [0.25, 0.3) is 0 Å². The van der Waals surface area contributed by atoms with Crippen molar-refractivity contribution in [3.8, 4) is 0 Å². The van der Waals surface area contributed by atoms with Gasteiger partial charge in [0.1, 0.15) is 25.9 Å². The maximum absolute atomic E-state index is 12.6. The number of esters is 1. The van der Waals surface area contributed by atoms with Crippen molar-refractivity contribution < 1.29 is 56.5 Å². The Labute approximate surface area is 209 Å². The number of hydrogen-bond donors (Lipinski definition) is 4. The Hall–Kier alpha value is -3.88. The zero-order valence-electron chi connectivity index (χ0n) is 19.9. The predicted molar refractivity (Wildman–Crippen MR) is 119 cm³/mol. The lowest BCUT2D eigenvalue weighted by molar-refractivity contribution is -0.144. The molecule has 1 aromatic rings. The fourth-order valence-corrected chi connectivity index (χ4v) is 2.74. The molecule has 206 valence electrons. The fraction of sp³-hybridized carbons (Fsp3) is 0.500. The second kappa shape index (κ2) is 16.0. The highest BCUT2D eigenvalue weighted by Crippen LogP contribution is 2.29. The largest absolute Gasteiger partial charge is 0.480 e. The summed E-state index contributed by atoms with van der Waals surface area (Å²) >= 11 is 0. The van der Waals surface area contributed by atoms with Crippen LogP contribution in [0.3, 0.4) is 0 Å². The molecule has 12 nitrogen and oxygen atoms in total. The predicted octanol–water partition coefficient (Wildman–Crippen LogP) is 0.977. The number of carbonyl (C=O) groups excluding carboxylic acids is 4. The molecule has 1 rings (SSSR count). The number of unbranched alkanes of at least 4 members (excludes halogenated alkanes) is 1. The zero-order chi connectivity index (χ0) is 27.8. The van der Waals surface area contributed by atoms with Gasteiger partial charge < -0.3 is 35.3 Å². The average molecular weight is 535 g/mol. The highest BCUT2D eigenvalue weighted by molar-refractivity contribution is 5.85. The van der Waals surface area contributed by atoms with E-state index in [1.54, 1.807) is 0 Å². The molecular formula is C22H28F3N3O9. The van der Waals surface area contributed by atoms with E-state index in [9.17, 15) is 37.1 Å². The summed E-state index contributed by atoms with van der Waals surface area (Å²) in [6, 6.07) is 3.00. The number of aliphatic carboxylic acids is 1. The molecule has 0 aliphatic rings. The summed E-state index contributed by atoms with van der Waals surface area (Å²) < 4.78 is 52.0. The van der Waals surface area contributed by atoms with Crippen LogP contribution in [0, 0.1) is 0 Å². The van der Waals surface area contributed by atoms with E-state index in [-0.39, 0.29) is 26.1 Å². The minimum atomic E-state index is -4.48. The normalized spacial score (nSPS) is 11.7. The molecule has 0 fully saturated rings. The molecule has 0 saturated carbocycles. The summed E-state index contributed by atoms with van der Waals surface area (Å²) in [5.74, 6) is -3.12. The molecular weight excluding hydrogens is 507 g/mol. The number of carboxylic acids is 1. The Morgan fingerprint density at radius 2 is 1.65 bits per heavy atom. The van der Waals surface area contributed by atoms with Gasteiger partial charge in [-0.25, -0.2) is 14.4 Å². The minimum absolute atomic E-state index is 0.148. The Bertz CT molecular complexity index is 924. The first-order valence-electron chi connectivity index (χ1n) is 10.9. The molecule has 0 aliphatic heterocycles. The van der Waals surface area contributed by atoms with Gasteiger partial charge in [-0.05, 0) is 37.0 Å². The van der Waals surface area contributed by atoms with Crippen molar-refractivity contribution in [3.05, 3.63) is 35.4 Å². The molecule has 0 aromatic heterocycles. The molecule has 0 heterocycles. The number of amides is 3. The third-order valence-electron chi connectivity index (χ3n) is 4.58. The fourth-order valence-electron chi connectivity index (χ4n) is 2.74. The Morgan fingerprint density at radius 1 is 0.973 bits per heavy atom. The second-order valence-electron chi connectivity index (χ2n) is 7.50. The molecule has 0 aliphatic carbocycles. The maximum Gasteiger partial charge on any atom is 0.416 e. The topological polar surface area (TPSA) is 169 Å². The SMILES string of the molecule is COC(=O)[C@H](CCCCNC(=O)CNC(=O)COCC(=O)O)NC(=O)OCc1ccc(C(F)(F)F)cc1. The monoisotopic (exact) mass is 535 g/mol. The first-order valence-corrected chi connectivity index (χ1v) is 10.9. The molecule has 4 N–H and O–H groups in total. The molecule has 1 aromatic carbocycles. The van der Waals surface area contributed by atoms with Crippen molar-refractivity contribution in [2.45, 2.75) is 38.1 Å². The van der Waals surface area contributed by atoms with Crippen molar-refractivity contribution in [2.75, 3.05) is 33.4 Å². The number of alkyl carbamates (subject to hydrolysis) is 1. The third kappa shape index (κ3) is 13.7. The number of ether oxygens (including phenoxy) is 3. The van der Waals surface area contributed by atoms with Crippen LogP contribution in [0.1, 0.15) is 30.4 Å². The van der Waals surface area contributed by atoms with Gasteiger partial charge in [-0.15, -0.1) is 0 Å². The van der Waals surface area contributed by atoms with E-state index in [0.29, 0.717) is 18.4 Å². The number of carboxylic acid groups (broad SMARTS) is 1. The van der Waals surface area contributed by atoms with Gasteiger partial charge >= 0.3 is 24.2 Å². The quantitative estimate of drug-likeness (QED) is 0.189. The van der Waals surface area contributed by atoms with Gasteiger partial charge in [0, 0.05) is 6.54 Å². The summed E-state index contributed by atoms with van der Waals surface area (Å²) in [6.07, 6.45) is -4.50. The van der Waals surface area contributed by atoms with Crippen molar-refractivity contribution in [2.24, 2.45) is 0 Å². The van der Waals surface area contributed by atoms with Gasteiger partial charge in [0.05, 0.1) is 19.2 Å². The standard InChI is InChI=1S/C22H28F3N3O9/c1-35-20(33)16(28-21(34)37-11-14-5-7-15(8-6-14)22(23,24)25)4-2-3-9-26-17(29)10-27-18(30)12-36-13-19(31)32/h5-8,16H,2-4,9-13H2,1H3,(H,26,29)(H,27,30)(H,28,34)(H,31,32)/t16-/m0/s1. The summed E-state index contributed by atoms with van der Waals surface area (Å²) in [6.45, 7) is -1.60. The lowest BCUT2D eigenvalue weighted by atomic mass is 10.1. The van der Waals surface area contributed by atoms with Crippen molar-refractivity contribution in [3.63, 3.8) is 0 Å². The van der Waals surface area contributed by atoms with E-state index in [2.05, 4.69) is 25.4 Å². The number of nitrogens with one attached hydrogen (secondary N) is 3. The molecule has 1 atom stereocenters. The summed E-state index contributed by atoms with van der Waals surface area (Å²) in [5, 5.41) is 15.5. The molecule has 0 saturated heterocycles. The van der Waals surface area contributed by atoms with Crippen molar-refractivity contribution in [1.29, 1.82) is 0 Å². The number of halogens is 3. The summed E-state index contributed by atoms with van der Waals surface area (Å²) in [5.41, 5.74) is -0.521. The third-order valence-corrected chi connectivity index (χ3v) is 4.58. The number of methoxy groups -OCH3 is 1. The molecule has 15 heteroatoms. The van der Waals surface area contributed by atoms with Crippen LogP contribution >= 0.6 is 0 Å². The number of rotatable bonds is 15. The van der Waals surface area contributed by atoms with Crippen LogP contribution < -0.4 is 16.0 Å². The van der Waals surface area contributed by atoms with E-state index in [1.807, 2.05) is 0 Å². The summed E-state index contributed by atoms with van der Waals surface area (Å²) in [7, 11) is 1.13. The van der Waals surface area contributed by atoms with Crippen LogP contribution in [0.15, 0.2) is 24.3 Å². The van der Waals surface area contributed by atoms with E-state index in [0.717, 1.165) is 19.2 Å². The van der Waals surface area contributed by atoms with Gasteiger partial charge in [0.15, 0.2) is 0 Å². The Morgan fingerprint density at radius 3 is 2.24 bits per heavy atom. The highest BCUT2D eigenvalue weighted by atomic mass is 19.4. The number of benzene rings is 1.